The van der Waals surface area contributed by atoms with Crippen molar-refractivity contribution in [3.05, 3.63) is 35.9 Å². The van der Waals surface area contributed by atoms with Gasteiger partial charge in [-0.25, -0.2) is 4.79 Å². The molecule has 3 rings (SSSR count). The Kier molecular flexibility index (Phi) is 4.37. The van der Waals surface area contributed by atoms with Crippen LogP contribution in [0.3, 0.4) is 0 Å². The summed E-state index contributed by atoms with van der Waals surface area (Å²) < 4.78 is 5.81. The van der Waals surface area contributed by atoms with Crippen LogP contribution in [0.1, 0.15) is 59.1 Å². The van der Waals surface area contributed by atoms with Crippen molar-refractivity contribution in [2.75, 3.05) is 6.54 Å². The first-order valence-corrected chi connectivity index (χ1v) is 9.13. The van der Waals surface area contributed by atoms with Gasteiger partial charge in [0, 0.05) is 23.9 Å². The largest absolute Gasteiger partial charge is 0.437 e. The molecule has 2 aliphatic heterocycles. The molecule has 6 heteroatoms. The maximum Gasteiger partial charge on any atom is 0.413 e. The van der Waals surface area contributed by atoms with Crippen molar-refractivity contribution in [2.45, 2.75) is 76.0 Å². The molecule has 144 valence electrons. The lowest BCUT2D eigenvalue weighted by molar-refractivity contribution is -0.183. The molecule has 0 bridgehead atoms. The molecule has 0 aliphatic carbocycles. The molecule has 2 saturated heterocycles. The number of aliphatic hydroxyl groups is 2. The van der Waals surface area contributed by atoms with E-state index in [0.717, 1.165) is 0 Å². The van der Waals surface area contributed by atoms with Crippen LogP contribution in [0.15, 0.2) is 30.3 Å². The van der Waals surface area contributed by atoms with E-state index in [-0.39, 0.29) is 17.6 Å². The maximum absolute atomic E-state index is 12.7. The van der Waals surface area contributed by atoms with Gasteiger partial charge < -0.3 is 20.3 Å². The minimum absolute atomic E-state index is 0.0219. The van der Waals surface area contributed by atoms with Gasteiger partial charge in [0.1, 0.15) is 0 Å². The minimum atomic E-state index is -1.52. The van der Waals surface area contributed by atoms with Crippen LogP contribution in [0.25, 0.3) is 0 Å². The van der Waals surface area contributed by atoms with Crippen LogP contribution < -0.4 is 5.32 Å². The first-order valence-electron chi connectivity index (χ1n) is 9.13. The number of nitrogens with zero attached hydrogens (tertiary/aromatic N) is 1. The van der Waals surface area contributed by atoms with E-state index in [0.29, 0.717) is 18.4 Å². The Morgan fingerprint density at radius 2 is 1.65 bits per heavy atom. The second kappa shape index (κ2) is 5.94. The third-order valence-electron chi connectivity index (χ3n) is 5.56. The van der Waals surface area contributed by atoms with Crippen LogP contribution in [-0.4, -0.2) is 50.2 Å². The fourth-order valence-corrected chi connectivity index (χ4v) is 4.85. The SMILES string of the molecule is CC1(C)CC2(CC(C)(C)N1)OC(=O)N(C[C@H](O)c1ccccc1)[C@]2(C)O. The van der Waals surface area contributed by atoms with Crippen molar-refractivity contribution in [3.63, 3.8) is 0 Å². The Bertz CT molecular complexity index is 668. The quantitative estimate of drug-likeness (QED) is 0.770. The topological polar surface area (TPSA) is 82.0 Å². The Hall–Kier alpha value is -1.63. The van der Waals surface area contributed by atoms with Crippen molar-refractivity contribution in [3.8, 4) is 0 Å². The number of β-amino-alcohol motifs (C(OH)–C–C–N with tert-alkyl or cyclic N) is 1. The standard InChI is InChI=1S/C20H30N2O4/c1-17(2)12-20(13-18(3,4)21-17)19(5,25)22(16(24)26-20)11-15(23)14-9-7-6-8-10-14/h6-10,15,21,23,25H,11-13H2,1-5H3/t15-,19+/m0/s1. The van der Waals surface area contributed by atoms with Gasteiger partial charge in [-0.1, -0.05) is 30.3 Å². The molecule has 1 aromatic carbocycles. The molecule has 0 aromatic heterocycles. The summed E-state index contributed by atoms with van der Waals surface area (Å²) in [4.78, 5) is 13.9. The molecular weight excluding hydrogens is 332 g/mol. The fourth-order valence-electron chi connectivity index (χ4n) is 4.85. The molecule has 1 spiro atoms. The Balaban J connectivity index is 1.89. The molecule has 1 aromatic rings. The number of nitrogens with one attached hydrogen (secondary N) is 1. The molecular formula is C20H30N2O4. The van der Waals surface area contributed by atoms with Crippen LogP contribution in [0.4, 0.5) is 4.79 Å². The lowest BCUT2D eigenvalue weighted by Crippen LogP contribution is -2.70. The van der Waals surface area contributed by atoms with Gasteiger partial charge in [0.25, 0.3) is 0 Å². The van der Waals surface area contributed by atoms with Gasteiger partial charge in [-0.05, 0) is 40.2 Å². The monoisotopic (exact) mass is 362 g/mol. The van der Waals surface area contributed by atoms with Crippen LogP contribution >= 0.6 is 0 Å². The highest BCUT2D eigenvalue weighted by Gasteiger charge is 2.66. The number of hydrogen-bond acceptors (Lipinski definition) is 5. The number of carbonyl (C=O) groups is 1. The van der Waals surface area contributed by atoms with E-state index in [2.05, 4.69) is 5.32 Å². The highest BCUT2D eigenvalue weighted by Crippen LogP contribution is 2.50. The Morgan fingerprint density at radius 3 is 2.19 bits per heavy atom. The van der Waals surface area contributed by atoms with Gasteiger partial charge in [-0.2, -0.15) is 0 Å². The molecule has 0 radical (unpaired) electrons. The van der Waals surface area contributed by atoms with E-state index in [9.17, 15) is 15.0 Å². The van der Waals surface area contributed by atoms with Crippen LogP contribution in [0.5, 0.6) is 0 Å². The van der Waals surface area contributed by atoms with E-state index in [4.69, 9.17) is 4.74 Å². The van der Waals surface area contributed by atoms with Gasteiger partial charge in [-0.3, -0.25) is 4.90 Å². The van der Waals surface area contributed by atoms with E-state index in [1.807, 2.05) is 45.9 Å². The summed E-state index contributed by atoms with van der Waals surface area (Å²) >= 11 is 0. The number of benzene rings is 1. The summed E-state index contributed by atoms with van der Waals surface area (Å²) in [6, 6.07) is 9.13. The third-order valence-corrected chi connectivity index (χ3v) is 5.56. The number of rotatable bonds is 3. The number of piperidine rings is 1. The predicted molar refractivity (Wildman–Crippen MR) is 98.5 cm³/mol. The zero-order valence-corrected chi connectivity index (χ0v) is 16.2. The lowest BCUT2D eigenvalue weighted by atomic mass is 9.68. The molecule has 6 nitrogen and oxygen atoms in total. The molecule has 2 heterocycles. The molecule has 26 heavy (non-hydrogen) atoms. The van der Waals surface area contributed by atoms with Gasteiger partial charge >= 0.3 is 6.09 Å². The summed E-state index contributed by atoms with van der Waals surface area (Å²) in [5.74, 6) is 0. The molecule has 2 aliphatic rings. The van der Waals surface area contributed by atoms with Gasteiger partial charge in [-0.15, -0.1) is 0 Å². The number of hydrogen-bond donors (Lipinski definition) is 3. The van der Waals surface area contributed by atoms with Gasteiger partial charge in [0.15, 0.2) is 11.3 Å². The smallest absolute Gasteiger partial charge is 0.413 e. The molecule has 0 saturated carbocycles. The van der Waals surface area contributed by atoms with E-state index in [1.54, 1.807) is 19.1 Å². The van der Waals surface area contributed by atoms with E-state index >= 15 is 0 Å². The lowest BCUT2D eigenvalue weighted by Gasteiger charge is -2.54. The van der Waals surface area contributed by atoms with Gasteiger partial charge in [0.2, 0.25) is 0 Å². The van der Waals surface area contributed by atoms with E-state index in [1.165, 1.54) is 4.90 Å². The average Bonchev–Trinajstić information content (AvgIpc) is 2.64. The second-order valence-corrected chi connectivity index (χ2v) is 9.17. The molecule has 1 amide bonds. The van der Waals surface area contributed by atoms with Crippen molar-refractivity contribution < 1.29 is 19.7 Å². The Labute approximate surface area is 155 Å². The average molecular weight is 362 g/mol. The summed E-state index contributed by atoms with van der Waals surface area (Å²) in [5, 5.41) is 25.5. The van der Waals surface area contributed by atoms with Crippen molar-refractivity contribution in [2.24, 2.45) is 0 Å². The fraction of sp³-hybridized carbons (Fsp3) is 0.650. The zero-order chi connectivity index (χ0) is 19.4. The van der Waals surface area contributed by atoms with Crippen LogP contribution in [-0.2, 0) is 4.74 Å². The summed E-state index contributed by atoms with van der Waals surface area (Å²) in [6.07, 6.45) is -0.508. The summed E-state index contributed by atoms with van der Waals surface area (Å²) in [6.45, 7) is 9.77. The number of ether oxygens (including phenoxy) is 1. The normalized spacial score (nSPS) is 30.3. The second-order valence-electron chi connectivity index (χ2n) is 9.17. The third kappa shape index (κ3) is 3.21. The first-order chi connectivity index (χ1) is 11.9. The molecule has 3 N–H and O–H groups in total. The van der Waals surface area contributed by atoms with Crippen molar-refractivity contribution in [1.29, 1.82) is 0 Å². The zero-order valence-electron chi connectivity index (χ0n) is 16.2. The maximum atomic E-state index is 12.7. The Morgan fingerprint density at radius 1 is 1.12 bits per heavy atom. The minimum Gasteiger partial charge on any atom is -0.437 e. The predicted octanol–water partition coefficient (Wildman–Crippen LogP) is 2.56. The van der Waals surface area contributed by atoms with Gasteiger partial charge in [0.05, 0.1) is 12.6 Å². The number of amides is 1. The van der Waals surface area contributed by atoms with Crippen molar-refractivity contribution in [1.82, 2.24) is 10.2 Å². The highest BCUT2D eigenvalue weighted by molar-refractivity contribution is 5.72. The van der Waals surface area contributed by atoms with Crippen LogP contribution in [0, 0.1) is 0 Å². The summed E-state index contributed by atoms with van der Waals surface area (Å²) in [5.41, 5.74) is -2.46. The van der Waals surface area contributed by atoms with Crippen molar-refractivity contribution >= 4 is 6.09 Å². The highest BCUT2D eigenvalue weighted by atomic mass is 16.6. The molecule has 2 atom stereocenters. The number of aliphatic hydroxyl groups excluding tert-OH is 1. The molecule has 0 unspecified atom stereocenters. The van der Waals surface area contributed by atoms with Crippen LogP contribution in [0.2, 0.25) is 0 Å². The molecule has 2 fully saturated rings. The summed E-state index contributed by atoms with van der Waals surface area (Å²) in [7, 11) is 0. The first kappa shape index (κ1) is 19.1. The number of carbonyl (C=O) groups excluding carboxylic acids is 1. The van der Waals surface area contributed by atoms with E-state index < -0.39 is 23.5 Å².